The number of hydrogen-bond donors (Lipinski definition) is 0. The van der Waals surface area contributed by atoms with Crippen LogP contribution in [0, 0.1) is 0 Å². The van der Waals surface area contributed by atoms with Crippen LogP contribution in [0.25, 0.3) is 0 Å². The van der Waals surface area contributed by atoms with Crippen LogP contribution < -0.4 is 0 Å². The van der Waals surface area contributed by atoms with E-state index in [0.29, 0.717) is 10.6 Å². The fraction of sp³-hybridized carbons (Fsp3) is 0.611. The zero-order valence-electron chi connectivity index (χ0n) is 16.8. The van der Waals surface area contributed by atoms with Gasteiger partial charge >= 0.3 is 15.2 Å². The monoisotopic (exact) mass is 454 g/mol. The van der Waals surface area contributed by atoms with E-state index in [1.165, 1.54) is 0 Å². The van der Waals surface area contributed by atoms with E-state index in [4.69, 9.17) is 29.7 Å². The molecule has 0 amide bonds. The predicted octanol–water partition coefficient (Wildman–Crippen LogP) is 6.16. The van der Waals surface area contributed by atoms with Gasteiger partial charge < -0.3 is 18.1 Å². The lowest BCUT2D eigenvalue weighted by atomic mass is 10.1. The first-order chi connectivity index (χ1) is 13.3. The fourth-order valence-corrected chi connectivity index (χ4v) is 8.15. The molecule has 0 heterocycles. The number of rotatable bonds is 14. The molecule has 0 bridgehead atoms. The van der Waals surface area contributed by atoms with Crippen LogP contribution in [0.5, 0.6) is 0 Å². The van der Waals surface area contributed by atoms with Gasteiger partial charge in [0.2, 0.25) is 0 Å². The molecule has 0 aliphatic heterocycles. The summed E-state index contributed by atoms with van der Waals surface area (Å²) in [6.07, 6.45) is -0.0589. The molecule has 0 fully saturated rings. The van der Waals surface area contributed by atoms with E-state index < -0.39 is 20.6 Å². The van der Waals surface area contributed by atoms with Crippen molar-refractivity contribution in [3.05, 3.63) is 34.9 Å². The van der Waals surface area contributed by atoms with Gasteiger partial charge in [0.15, 0.2) is 11.2 Å². The van der Waals surface area contributed by atoms with Crippen LogP contribution in [-0.4, -0.2) is 37.6 Å². The maximum atomic E-state index is 13.4. The summed E-state index contributed by atoms with van der Waals surface area (Å²) in [7, 11) is -7.70. The topological polar surface area (TPSA) is 88.1 Å². The molecule has 160 valence electrons. The fourth-order valence-electron chi connectivity index (χ4n) is 2.67. The summed E-state index contributed by atoms with van der Waals surface area (Å²) in [5, 5.41) is -0.681. The molecule has 0 aliphatic carbocycles. The minimum Gasteiger partial charge on any atom is -0.308 e. The summed E-state index contributed by atoms with van der Waals surface area (Å²) in [5.41, 5.74) is 0.452. The molecule has 1 aromatic rings. The largest absolute Gasteiger partial charge is 0.345 e. The molecule has 7 nitrogen and oxygen atoms in total. The summed E-state index contributed by atoms with van der Waals surface area (Å²) in [6.45, 7) is 7.02. The van der Waals surface area contributed by atoms with Crippen molar-refractivity contribution >= 4 is 32.6 Å². The van der Waals surface area contributed by atoms with Crippen molar-refractivity contribution in [1.29, 1.82) is 0 Å². The van der Waals surface area contributed by atoms with Crippen LogP contribution in [0.4, 0.5) is 0 Å². The molecule has 0 aliphatic rings. The van der Waals surface area contributed by atoms with E-state index in [-0.39, 0.29) is 45.1 Å². The summed E-state index contributed by atoms with van der Waals surface area (Å²) in [4.78, 5) is 12.6. The Bertz CT molecular complexity index is 658. The first-order valence-corrected chi connectivity index (χ1v) is 12.9. The quantitative estimate of drug-likeness (QED) is 0.245. The van der Waals surface area contributed by atoms with Crippen molar-refractivity contribution in [2.75, 3.05) is 26.4 Å². The van der Waals surface area contributed by atoms with Crippen molar-refractivity contribution in [2.45, 2.75) is 45.9 Å². The molecule has 28 heavy (non-hydrogen) atoms. The zero-order chi connectivity index (χ0) is 21.2. The minimum atomic E-state index is -3.85. The normalized spacial score (nSPS) is 12.5. The predicted molar refractivity (Wildman–Crippen MR) is 111 cm³/mol. The van der Waals surface area contributed by atoms with Crippen LogP contribution in [0.2, 0.25) is 5.02 Å². The van der Waals surface area contributed by atoms with Gasteiger partial charge in [0, 0.05) is 17.0 Å². The Morgan fingerprint density at radius 3 is 1.61 bits per heavy atom. The average molecular weight is 455 g/mol. The first kappa shape index (κ1) is 25.5. The van der Waals surface area contributed by atoms with Gasteiger partial charge in [-0.25, -0.2) is 0 Å². The van der Waals surface area contributed by atoms with Gasteiger partial charge in [0.25, 0.3) is 0 Å². The number of carbonyl (C=O) groups excluding carboxylic acids is 1. The standard InChI is InChI=1S/C18H29ClO7P2/c1-5-23-27(21,24-6-2)18(28(22,25-7-3)26-8-4)14-13-17(20)15-9-11-16(19)12-10-15/h9-12,18H,5-8,13-14H2,1-4H3. The number of Topliss-reactive ketones (excluding diaryl/α,β-unsaturated/α-hetero) is 1. The Balaban J connectivity index is 3.18. The molecule has 10 heteroatoms. The van der Waals surface area contributed by atoms with E-state index in [1.54, 1.807) is 52.0 Å². The highest BCUT2D eigenvalue weighted by Crippen LogP contribution is 2.71. The second-order valence-corrected chi connectivity index (χ2v) is 11.0. The molecule has 0 saturated carbocycles. The van der Waals surface area contributed by atoms with E-state index in [0.717, 1.165) is 0 Å². The van der Waals surface area contributed by atoms with Crippen LogP contribution in [0.3, 0.4) is 0 Å². The number of ketones is 1. The van der Waals surface area contributed by atoms with E-state index in [1.807, 2.05) is 0 Å². The van der Waals surface area contributed by atoms with E-state index in [9.17, 15) is 13.9 Å². The lowest BCUT2D eigenvalue weighted by molar-refractivity contribution is 0.0979. The molecule has 1 aromatic carbocycles. The molecule has 0 spiro atoms. The molecule has 0 aromatic heterocycles. The first-order valence-electron chi connectivity index (χ1n) is 9.32. The second kappa shape index (κ2) is 12.2. The van der Waals surface area contributed by atoms with Gasteiger partial charge in [-0.05, 0) is 58.4 Å². The van der Waals surface area contributed by atoms with Crippen LogP contribution in [0.1, 0.15) is 50.9 Å². The van der Waals surface area contributed by atoms with Crippen molar-refractivity contribution in [3.8, 4) is 0 Å². The number of benzene rings is 1. The highest BCUT2D eigenvalue weighted by atomic mass is 35.5. The molecule has 0 radical (unpaired) electrons. The van der Waals surface area contributed by atoms with Gasteiger partial charge in [-0.2, -0.15) is 0 Å². The van der Waals surface area contributed by atoms with E-state index in [2.05, 4.69) is 0 Å². The lowest BCUT2D eigenvalue weighted by Gasteiger charge is -2.31. The van der Waals surface area contributed by atoms with E-state index >= 15 is 0 Å². The number of carbonyl (C=O) groups is 1. The second-order valence-electron chi connectivity index (χ2n) is 5.70. The van der Waals surface area contributed by atoms with Crippen molar-refractivity contribution in [3.63, 3.8) is 0 Å². The van der Waals surface area contributed by atoms with Crippen molar-refractivity contribution < 1.29 is 32.0 Å². The maximum Gasteiger partial charge on any atom is 0.345 e. The lowest BCUT2D eigenvalue weighted by Crippen LogP contribution is -2.19. The van der Waals surface area contributed by atoms with Gasteiger partial charge in [-0.15, -0.1) is 0 Å². The molecular formula is C18H29ClO7P2. The Morgan fingerprint density at radius 2 is 1.25 bits per heavy atom. The van der Waals surface area contributed by atoms with Crippen LogP contribution >= 0.6 is 26.8 Å². The minimum absolute atomic E-state index is 0.0272. The SMILES string of the molecule is CCOP(=O)(OCC)C(CCC(=O)c1ccc(Cl)cc1)P(=O)(OCC)OCC. The van der Waals surface area contributed by atoms with Gasteiger partial charge in [0.05, 0.1) is 26.4 Å². The van der Waals surface area contributed by atoms with Crippen LogP contribution in [-0.2, 0) is 27.2 Å². The Hall–Kier alpha value is -0.520. The number of halogens is 1. The highest BCUT2D eigenvalue weighted by Gasteiger charge is 2.50. The van der Waals surface area contributed by atoms with Gasteiger partial charge in [-0.3, -0.25) is 13.9 Å². The zero-order valence-corrected chi connectivity index (χ0v) is 19.3. The summed E-state index contributed by atoms with van der Waals surface area (Å²) in [5.74, 6) is -0.208. The molecular weight excluding hydrogens is 426 g/mol. The van der Waals surface area contributed by atoms with Gasteiger partial charge in [-0.1, -0.05) is 11.6 Å². The highest BCUT2D eigenvalue weighted by molar-refractivity contribution is 7.72. The smallest absolute Gasteiger partial charge is 0.308 e. The molecule has 1 rings (SSSR count). The third-order valence-electron chi connectivity index (χ3n) is 3.76. The Labute approximate surface area is 172 Å². The third-order valence-corrected chi connectivity index (χ3v) is 10.2. The van der Waals surface area contributed by atoms with Crippen LogP contribution in [0.15, 0.2) is 24.3 Å². The summed E-state index contributed by atoms with van der Waals surface area (Å²) in [6, 6.07) is 6.44. The number of hydrogen-bond acceptors (Lipinski definition) is 7. The molecule has 0 N–H and O–H groups in total. The molecule has 0 saturated heterocycles. The molecule has 0 unspecified atom stereocenters. The summed E-state index contributed by atoms with van der Waals surface area (Å²) >= 11 is 5.85. The van der Waals surface area contributed by atoms with Crippen molar-refractivity contribution in [1.82, 2.24) is 0 Å². The average Bonchev–Trinajstić information content (AvgIpc) is 2.63. The summed E-state index contributed by atoms with van der Waals surface area (Å²) < 4.78 is 48.4. The molecule has 0 atom stereocenters. The third kappa shape index (κ3) is 7.07. The van der Waals surface area contributed by atoms with Crippen molar-refractivity contribution in [2.24, 2.45) is 0 Å². The van der Waals surface area contributed by atoms with Gasteiger partial charge in [0.1, 0.15) is 0 Å². The maximum absolute atomic E-state index is 13.4. The Morgan fingerprint density at radius 1 is 0.857 bits per heavy atom. The Kier molecular flexibility index (Phi) is 11.2.